The SMILES string of the molecule is CC=NNc1ccc(N2CCOCC2)nn1. The van der Waals surface area contributed by atoms with Crippen LogP contribution in [-0.4, -0.2) is 42.7 Å². The minimum atomic E-state index is 0.648. The van der Waals surface area contributed by atoms with Gasteiger partial charge in [0.2, 0.25) is 0 Å². The predicted molar refractivity (Wildman–Crippen MR) is 62.9 cm³/mol. The lowest BCUT2D eigenvalue weighted by molar-refractivity contribution is 0.122. The average molecular weight is 221 g/mol. The summed E-state index contributed by atoms with van der Waals surface area (Å²) in [5, 5.41) is 12.0. The molecule has 0 spiro atoms. The Morgan fingerprint density at radius 2 is 2.19 bits per heavy atom. The summed E-state index contributed by atoms with van der Waals surface area (Å²) in [7, 11) is 0. The van der Waals surface area contributed by atoms with Crippen LogP contribution in [0.3, 0.4) is 0 Å². The molecule has 16 heavy (non-hydrogen) atoms. The van der Waals surface area contributed by atoms with Gasteiger partial charge in [-0.2, -0.15) is 5.10 Å². The van der Waals surface area contributed by atoms with Gasteiger partial charge >= 0.3 is 0 Å². The Kier molecular flexibility index (Phi) is 3.66. The number of anilines is 2. The van der Waals surface area contributed by atoms with E-state index < -0.39 is 0 Å². The van der Waals surface area contributed by atoms with Gasteiger partial charge in [0.05, 0.1) is 13.2 Å². The number of aromatic nitrogens is 2. The maximum atomic E-state index is 5.28. The van der Waals surface area contributed by atoms with Gasteiger partial charge in [0.25, 0.3) is 0 Å². The second-order valence-corrected chi connectivity index (χ2v) is 3.38. The van der Waals surface area contributed by atoms with Gasteiger partial charge in [0, 0.05) is 19.3 Å². The van der Waals surface area contributed by atoms with E-state index in [9.17, 15) is 0 Å². The molecule has 6 nitrogen and oxygen atoms in total. The number of rotatable bonds is 3. The molecule has 0 amide bonds. The van der Waals surface area contributed by atoms with E-state index in [0.29, 0.717) is 5.82 Å². The van der Waals surface area contributed by atoms with E-state index in [2.05, 4.69) is 25.6 Å². The van der Waals surface area contributed by atoms with Crippen LogP contribution in [0.25, 0.3) is 0 Å². The highest BCUT2D eigenvalue weighted by Crippen LogP contribution is 2.12. The van der Waals surface area contributed by atoms with E-state index in [0.717, 1.165) is 32.1 Å². The first-order valence-electron chi connectivity index (χ1n) is 5.30. The molecule has 1 fully saturated rings. The van der Waals surface area contributed by atoms with E-state index >= 15 is 0 Å². The molecule has 0 saturated carbocycles. The quantitative estimate of drug-likeness (QED) is 0.602. The Morgan fingerprint density at radius 1 is 1.38 bits per heavy atom. The number of nitrogens with one attached hydrogen (secondary N) is 1. The lowest BCUT2D eigenvalue weighted by Crippen LogP contribution is -2.36. The molecule has 1 aliphatic rings. The Morgan fingerprint density at radius 3 is 2.81 bits per heavy atom. The summed E-state index contributed by atoms with van der Waals surface area (Å²) < 4.78 is 5.28. The molecular weight excluding hydrogens is 206 g/mol. The molecule has 1 saturated heterocycles. The zero-order valence-corrected chi connectivity index (χ0v) is 9.26. The Balaban J connectivity index is 2.00. The van der Waals surface area contributed by atoms with Gasteiger partial charge in [-0.15, -0.1) is 10.2 Å². The van der Waals surface area contributed by atoms with Crippen molar-refractivity contribution in [3.05, 3.63) is 12.1 Å². The first-order chi connectivity index (χ1) is 7.90. The fourth-order valence-corrected chi connectivity index (χ4v) is 1.48. The molecule has 1 aliphatic heterocycles. The molecule has 2 rings (SSSR count). The third kappa shape index (κ3) is 2.66. The van der Waals surface area contributed by atoms with Crippen molar-refractivity contribution in [2.75, 3.05) is 36.6 Å². The van der Waals surface area contributed by atoms with E-state index in [1.807, 2.05) is 19.1 Å². The fourth-order valence-electron chi connectivity index (χ4n) is 1.48. The van der Waals surface area contributed by atoms with Crippen molar-refractivity contribution in [1.29, 1.82) is 0 Å². The minimum Gasteiger partial charge on any atom is -0.378 e. The molecule has 0 bridgehead atoms. The van der Waals surface area contributed by atoms with Crippen LogP contribution in [0.2, 0.25) is 0 Å². The van der Waals surface area contributed by atoms with Crippen LogP contribution in [0.1, 0.15) is 6.92 Å². The first-order valence-corrected chi connectivity index (χ1v) is 5.30. The highest BCUT2D eigenvalue weighted by Gasteiger charge is 2.12. The summed E-state index contributed by atoms with van der Waals surface area (Å²) in [4.78, 5) is 2.16. The Bertz CT molecular complexity index is 345. The number of nitrogens with zero attached hydrogens (tertiary/aromatic N) is 4. The standard InChI is InChI=1S/C10H15N5O/c1-2-11-12-9-3-4-10(14-13-9)15-5-7-16-8-6-15/h2-4H,5-8H2,1H3,(H,12,13). The lowest BCUT2D eigenvalue weighted by atomic mass is 10.4. The zero-order valence-electron chi connectivity index (χ0n) is 9.26. The number of ether oxygens (including phenoxy) is 1. The van der Waals surface area contributed by atoms with Crippen molar-refractivity contribution in [2.24, 2.45) is 5.10 Å². The lowest BCUT2D eigenvalue weighted by Gasteiger charge is -2.27. The molecule has 1 aromatic heterocycles. The summed E-state index contributed by atoms with van der Waals surface area (Å²) in [5.74, 6) is 1.53. The van der Waals surface area contributed by atoms with Gasteiger partial charge in [0.15, 0.2) is 11.6 Å². The van der Waals surface area contributed by atoms with E-state index in [-0.39, 0.29) is 0 Å². The van der Waals surface area contributed by atoms with Crippen molar-refractivity contribution in [2.45, 2.75) is 6.92 Å². The number of hydrogen-bond donors (Lipinski definition) is 1. The minimum absolute atomic E-state index is 0.648. The molecule has 86 valence electrons. The van der Waals surface area contributed by atoms with Crippen LogP contribution in [0.4, 0.5) is 11.6 Å². The van der Waals surface area contributed by atoms with Crippen LogP contribution >= 0.6 is 0 Å². The smallest absolute Gasteiger partial charge is 0.168 e. The second-order valence-electron chi connectivity index (χ2n) is 3.38. The van der Waals surface area contributed by atoms with Crippen molar-refractivity contribution < 1.29 is 4.74 Å². The molecule has 1 aromatic rings. The van der Waals surface area contributed by atoms with Crippen molar-refractivity contribution >= 4 is 17.9 Å². The Labute approximate surface area is 94.3 Å². The van der Waals surface area contributed by atoms with Crippen LogP contribution < -0.4 is 10.3 Å². The van der Waals surface area contributed by atoms with Gasteiger partial charge in [-0.3, -0.25) is 5.43 Å². The van der Waals surface area contributed by atoms with Crippen molar-refractivity contribution in [3.8, 4) is 0 Å². The monoisotopic (exact) mass is 221 g/mol. The van der Waals surface area contributed by atoms with Crippen molar-refractivity contribution in [3.63, 3.8) is 0 Å². The predicted octanol–water partition coefficient (Wildman–Crippen LogP) is 0.731. The second kappa shape index (κ2) is 5.41. The van der Waals surface area contributed by atoms with Crippen LogP contribution in [-0.2, 0) is 4.74 Å². The molecular formula is C10H15N5O. The largest absolute Gasteiger partial charge is 0.378 e. The van der Waals surface area contributed by atoms with Gasteiger partial charge in [-0.05, 0) is 19.1 Å². The van der Waals surface area contributed by atoms with Crippen LogP contribution in [0, 0.1) is 0 Å². The fraction of sp³-hybridized carbons (Fsp3) is 0.500. The summed E-state index contributed by atoms with van der Waals surface area (Å²) in [6.45, 7) is 5.08. The van der Waals surface area contributed by atoms with Gasteiger partial charge in [-0.1, -0.05) is 0 Å². The van der Waals surface area contributed by atoms with Crippen LogP contribution in [0.5, 0.6) is 0 Å². The summed E-state index contributed by atoms with van der Waals surface area (Å²) >= 11 is 0. The maximum Gasteiger partial charge on any atom is 0.168 e. The van der Waals surface area contributed by atoms with E-state index in [1.165, 1.54) is 0 Å². The molecule has 2 heterocycles. The third-order valence-corrected chi connectivity index (χ3v) is 2.29. The molecule has 1 N–H and O–H groups in total. The summed E-state index contributed by atoms with van der Waals surface area (Å²) in [6, 6.07) is 3.80. The third-order valence-electron chi connectivity index (χ3n) is 2.29. The molecule has 0 aromatic carbocycles. The van der Waals surface area contributed by atoms with E-state index in [1.54, 1.807) is 6.21 Å². The number of hydrazone groups is 1. The highest BCUT2D eigenvalue weighted by molar-refractivity contribution is 5.55. The number of hydrogen-bond acceptors (Lipinski definition) is 6. The van der Waals surface area contributed by atoms with Gasteiger partial charge in [-0.25, -0.2) is 0 Å². The molecule has 0 radical (unpaired) electrons. The molecule has 0 aliphatic carbocycles. The maximum absolute atomic E-state index is 5.28. The van der Waals surface area contributed by atoms with Crippen LogP contribution in [0.15, 0.2) is 17.2 Å². The van der Waals surface area contributed by atoms with E-state index in [4.69, 9.17) is 4.74 Å². The summed E-state index contributed by atoms with van der Waals surface area (Å²) in [5.41, 5.74) is 2.78. The molecule has 0 unspecified atom stereocenters. The van der Waals surface area contributed by atoms with Crippen molar-refractivity contribution in [1.82, 2.24) is 10.2 Å². The number of morpholine rings is 1. The molecule has 6 heteroatoms. The first kappa shape index (κ1) is 10.8. The van der Waals surface area contributed by atoms with Gasteiger partial charge < -0.3 is 9.64 Å². The summed E-state index contributed by atoms with van der Waals surface area (Å²) in [6.07, 6.45) is 1.66. The highest BCUT2D eigenvalue weighted by atomic mass is 16.5. The zero-order chi connectivity index (χ0) is 11.2. The topological polar surface area (TPSA) is 62.6 Å². The van der Waals surface area contributed by atoms with Gasteiger partial charge in [0.1, 0.15) is 0 Å². The normalized spacial score (nSPS) is 16.7. The average Bonchev–Trinajstić information content (AvgIpc) is 2.38. The Hall–Kier alpha value is -1.69. The molecule has 0 atom stereocenters.